The molecule has 1 atom stereocenters. The molecule has 0 aromatic heterocycles. The molecule has 0 amide bonds. The Morgan fingerprint density at radius 1 is 1.04 bits per heavy atom. The van der Waals surface area contributed by atoms with Crippen molar-refractivity contribution in [3.8, 4) is 5.75 Å². The Hall–Kier alpha value is -3.07. The van der Waals surface area contributed by atoms with Gasteiger partial charge in [0.05, 0.1) is 24.2 Å². The highest BCUT2D eigenvalue weighted by molar-refractivity contribution is 7.92. The standard InChI is InChI=1S/C19H21NO7S/c1-4-26-16-9-11-17(12-10-16)28(23,24)20-15-7-5-14(6-8-15)19(22)27-13(2)18(21)25-3/h5-13,20H,4H2,1-3H3/t13-/m1/s1. The number of ether oxygens (including phenoxy) is 3. The highest BCUT2D eigenvalue weighted by Gasteiger charge is 2.20. The quantitative estimate of drug-likeness (QED) is 0.670. The van der Waals surface area contributed by atoms with E-state index < -0.39 is 28.1 Å². The number of hydrogen-bond acceptors (Lipinski definition) is 7. The Morgan fingerprint density at radius 2 is 1.64 bits per heavy atom. The SMILES string of the molecule is CCOc1ccc(S(=O)(=O)Nc2ccc(C(=O)O[C@H](C)C(=O)OC)cc2)cc1. The van der Waals surface area contributed by atoms with Crippen molar-refractivity contribution >= 4 is 27.6 Å². The molecule has 0 saturated carbocycles. The summed E-state index contributed by atoms with van der Waals surface area (Å²) >= 11 is 0. The summed E-state index contributed by atoms with van der Waals surface area (Å²) in [5.41, 5.74) is 0.436. The number of carbonyl (C=O) groups is 2. The molecule has 0 saturated heterocycles. The van der Waals surface area contributed by atoms with E-state index in [0.29, 0.717) is 12.4 Å². The average molecular weight is 407 g/mol. The van der Waals surface area contributed by atoms with Crippen molar-refractivity contribution in [2.75, 3.05) is 18.4 Å². The minimum atomic E-state index is -3.79. The Balaban J connectivity index is 2.06. The first kappa shape index (κ1) is 21.2. The summed E-state index contributed by atoms with van der Waals surface area (Å²) < 4.78 is 42.1. The van der Waals surface area contributed by atoms with Crippen LogP contribution in [0, 0.1) is 0 Å². The molecule has 0 radical (unpaired) electrons. The van der Waals surface area contributed by atoms with Crippen molar-refractivity contribution in [1.82, 2.24) is 0 Å². The van der Waals surface area contributed by atoms with E-state index in [2.05, 4.69) is 9.46 Å². The zero-order chi connectivity index (χ0) is 20.7. The summed E-state index contributed by atoms with van der Waals surface area (Å²) in [6.07, 6.45) is -1.05. The van der Waals surface area contributed by atoms with Crippen LogP contribution in [0.25, 0.3) is 0 Å². The van der Waals surface area contributed by atoms with Crippen LogP contribution in [0.4, 0.5) is 5.69 Å². The fourth-order valence-corrected chi connectivity index (χ4v) is 3.27. The van der Waals surface area contributed by atoms with Gasteiger partial charge in [-0.2, -0.15) is 0 Å². The molecule has 0 aliphatic heterocycles. The summed E-state index contributed by atoms with van der Waals surface area (Å²) in [5, 5.41) is 0. The van der Waals surface area contributed by atoms with Gasteiger partial charge in [-0.3, -0.25) is 4.72 Å². The molecule has 2 aromatic rings. The van der Waals surface area contributed by atoms with Crippen molar-refractivity contribution in [3.63, 3.8) is 0 Å². The number of methoxy groups -OCH3 is 1. The maximum absolute atomic E-state index is 12.4. The highest BCUT2D eigenvalue weighted by Crippen LogP contribution is 2.20. The van der Waals surface area contributed by atoms with Crippen LogP contribution in [0.3, 0.4) is 0 Å². The molecule has 0 heterocycles. The Morgan fingerprint density at radius 3 is 2.18 bits per heavy atom. The van der Waals surface area contributed by atoms with E-state index in [-0.39, 0.29) is 16.1 Å². The van der Waals surface area contributed by atoms with Gasteiger partial charge in [-0.05, 0) is 62.4 Å². The van der Waals surface area contributed by atoms with E-state index in [0.717, 1.165) is 0 Å². The molecular weight excluding hydrogens is 386 g/mol. The van der Waals surface area contributed by atoms with E-state index >= 15 is 0 Å². The van der Waals surface area contributed by atoms with E-state index in [4.69, 9.17) is 9.47 Å². The van der Waals surface area contributed by atoms with E-state index in [1.54, 1.807) is 12.1 Å². The molecule has 28 heavy (non-hydrogen) atoms. The second-order valence-corrected chi connectivity index (χ2v) is 7.34. The number of benzene rings is 2. The molecular formula is C19H21NO7S. The van der Waals surface area contributed by atoms with Gasteiger partial charge >= 0.3 is 11.9 Å². The Bertz CT molecular complexity index is 922. The highest BCUT2D eigenvalue weighted by atomic mass is 32.2. The fourth-order valence-electron chi connectivity index (χ4n) is 2.21. The predicted molar refractivity (Wildman–Crippen MR) is 102 cm³/mol. The normalized spacial score (nSPS) is 12.0. The molecule has 0 aliphatic rings. The molecule has 8 nitrogen and oxygen atoms in total. The third kappa shape index (κ3) is 5.46. The zero-order valence-electron chi connectivity index (χ0n) is 15.7. The van der Waals surface area contributed by atoms with Gasteiger partial charge in [-0.25, -0.2) is 18.0 Å². The summed E-state index contributed by atoms with van der Waals surface area (Å²) in [6.45, 7) is 3.71. The maximum Gasteiger partial charge on any atom is 0.346 e. The van der Waals surface area contributed by atoms with Gasteiger partial charge in [0.1, 0.15) is 5.75 Å². The van der Waals surface area contributed by atoms with Crippen molar-refractivity contribution in [3.05, 3.63) is 54.1 Å². The third-order valence-electron chi connectivity index (χ3n) is 3.63. The van der Waals surface area contributed by atoms with Crippen LogP contribution in [-0.4, -0.2) is 40.2 Å². The summed E-state index contributed by atoms with van der Waals surface area (Å²) in [7, 11) is -2.60. The number of anilines is 1. The predicted octanol–water partition coefficient (Wildman–Crippen LogP) is 2.60. The lowest BCUT2D eigenvalue weighted by Crippen LogP contribution is -2.25. The second kappa shape index (κ2) is 9.23. The summed E-state index contributed by atoms with van der Waals surface area (Å²) in [4.78, 5) is 23.4. The number of rotatable bonds is 8. The zero-order valence-corrected chi connectivity index (χ0v) is 16.5. The summed E-state index contributed by atoms with van der Waals surface area (Å²) in [6, 6.07) is 11.6. The monoisotopic (exact) mass is 407 g/mol. The van der Waals surface area contributed by atoms with Crippen molar-refractivity contribution in [1.29, 1.82) is 0 Å². The van der Waals surface area contributed by atoms with E-state index in [1.165, 1.54) is 50.4 Å². The second-order valence-electron chi connectivity index (χ2n) is 5.66. The molecule has 0 spiro atoms. The van der Waals surface area contributed by atoms with Crippen molar-refractivity contribution in [2.24, 2.45) is 0 Å². The Kier molecular flexibility index (Phi) is 7.00. The van der Waals surface area contributed by atoms with Crippen LogP contribution in [0.1, 0.15) is 24.2 Å². The van der Waals surface area contributed by atoms with Crippen molar-refractivity contribution in [2.45, 2.75) is 24.8 Å². The van der Waals surface area contributed by atoms with Gasteiger partial charge in [0, 0.05) is 5.69 Å². The van der Waals surface area contributed by atoms with Crippen LogP contribution in [0.15, 0.2) is 53.4 Å². The third-order valence-corrected chi connectivity index (χ3v) is 5.03. The number of nitrogens with one attached hydrogen (secondary N) is 1. The fraction of sp³-hybridized carbons (Fsp3) is 0.263. The van der Waals surface area contributed by atoms with Gasteiger partial charge < -0.3 is 14.2 Å². The molecule has 9 heteroatoms. The molecule has 2 rings (SSSR count). The lowest BCUT2D eigenvalue weighted by Gasteiger charge is -2.12. The molecule has 0 unspecified atom stereocenters. The van der Waals surface area contributed by atoms with Crippen LogP contribution in [-0.2, 0) is 24.3 Å². The van der Waals surface area contributed by atoms with Crippen LogP contribution in [0.5, 0.6) is 5.75 Å². The van der Waals surface area contributed by atoms with E-state index in [9.17, 15) is 18.0 Å². The lowest BCUT2D eigenvalue weighted by atomic mass is 10.2. The van der Waals surface area contributed by atoms with Gasteiger partial charge in [-0.15, -0.1) is 0 Å². The lowest BCUT2D eigenvalue weighted by molar-refractivity contribution is -0.149. The Labute approximate surface area is 163 Å². The van der Waals surface area contributed by atoms with Gasteiger partial charge in [0.25, 0.3) is 10.0 Å². The minimum absolute atomic E-state index is 0.0753. The number of sulfonamides is 1. The minimum Gasteiger partial charge on any atom is -0.494 e. The molecule has 150 valence electrons. The molecule has 2 aromatic carbocycles. The largest absolute Gasteiger partial charge is 0.494 e. The average Bonchev–Trinajstić information content (AvgIpc) is 2.68. The number of carbonyl (C=O) groups excluding carboxylic acids is 2. The van der Waals surface area contributed by atoms with E-state index in [1.807, 2.05) is 6.92 Å². The van der Waals surface area contributed by atoms with Crippen molar-refractivity contribution < 1.29 is 32.2 Å². The first-order valence-corrected chi connectivity index (χ1v) is 9.89. The maximum atomic E-state index is 12.4. The molecule has 0 bridgehead atoms. The van der Waals surface area contributed by atoms with Gasteiger partial charge in [0.15, 0.2) is 6.10 Å². The first-order chi connectivity index (χ1) is 13.3. The molecule has 0 aliphatic carbocycles. The first-order valence-electron chi connectivity index (χ1n) is 8.41. The smallest absolute Gasteiger partial charge is 0.346 e. The van der Waals surface area contributed by atoms with Crippen LogP contribution < -0.4 is 9.46 Å². The number of hydrogen-bond donors (Lipinski definition) is 1. The topological polar surface area (TPSA) is 108 Å². The molecule has 1 N–H and O–H groups in total. The van der Waals surface area contributed by atoms with Gasteiger partial charge in [-0.1, -0.05) is 0 Å². The molecule has 0 fully saturated rings. The summed E-state index contributed by atoms with van der Waals surface area (Å²) in [5.74, 6) is -0.822. The van der Waals surface area contributed by atoms with Gasteiger partial charge in [0.2, 0.25) is 0 Å². The number of esters is 2. The van der Waals surface area contributed by atoms with Crippen LogP contribution in [0.2, 0.25) is 0 Å². The van der Waals surface area contributed by atoms with Crippen LogP contribution >= 0.6 is 0 Å².